The van der Waals surface area contributed by atoms with Crippen molar-refractivity contribution in [2.24, 2.45) is 0 Å². The fourth-order valence-corrected chi connectivity index (χ4v) is 4.77. The molecular formula is C18H17N5O2S2. The topological polar surface area (TPSA) is 89.8 Å². The molecule has 0 unspecified atom stereocenters. The van der Waals surface area contributed by atoms with Crippen LogP contribution in [0.1, 0.15) is 17.0 Å². The molecule has 0 aliphatic rings. The predicted octanol–water partition coefficient (Wildman–Crippen LogP) is 3.35. The summed E-state index contributed by atoms with van der Waals surface area (Å²) in [6.07, 6.45) is 0. The van der Waals surface area contributed by atoms with Crippen LogP contribution in [0.25, 0.3) is 11.0 Å². The van der Waals surface area contributed by atoms with Crippen molar-refractivity contribution in [1.29, 1.82) is 0 Å². The third-order valence-corrected chi connectivity index (χ3v) is 6.11. The standard InChI is InChI=1S/C18H17N5O2S2/c1-12-9-13(2)23(19-12)11-14-5-3-6-15(10-14)22-27(24,25)17-8-4-7-16-18(17)21-26-20-16/h3-10,22H,11H2,1-2H3. The SMILES string of the molecule is Cc1cc(C)n(Cc2cccc(NS(=O)(=O)c3cccc4nsnc34)c2)n1. The Morgan fingerprint density at radius 2 is 1.89 bits per heavy atom. The summed E-state index contributed by atoms with van der Waals surface area (Å²) in [4.78, 5) is 0.123. The number of anilines is 1. The minimum absolute atomic E-state index is 0.123. The number of aromatic nitrogens is 4. The van der Waals surface area contributed by atoms with E-state index < -0.39 is 10.0 Å². The van der Waals surface area contributed by atoms with Crippen LogP contribution in [0.15, 0.2) is 53.4 Å². The Morgan fingerprint density at radius 1 is 1.07 bits per heavy atom. The van der Waals surface area contributed by atoms with E-state index in [4.69, 9.17) is 0 Å². The fourth-order valence-electron chi connectivity index (χ4n) is 2.95. The van der Waals surface area contributed by atoms with Crippen LogP contribution in [-0.4, -0.2) is 26.9 Å². The summed E-state index contributed by atoms with van der Waals surface area (Å²) in [6.45, 7) is 4.51. The first kappa shape index (κ1) is 17.6. The molecule has 0 aliphatic heterocycles. The van der Waals surface area contributed by atoms with Crippen molar-refractivity contribution in [2.75, 3.05) is 4.72 Å². The van der Waals surface area contributed by atoms with Crippen molar-refractivity contribution in [3.63, 3.8) is 0 Å². The monoisotopic (exact) mass is 399 g/mol. The highest BCUT2D eigenvalue weighted by molar-refractivity contribution is 7.93. The molecule has 4 rings (SSSR count). The van der Waals surface area contributed by atoms with Gasteiger partial charge in [0.15, 0.2) is 0 Å². The highest BCUT2D eigenvalue weighted by Crippen LogP contribution is 2.24. The van der Waals surface area contributed by atoms with E-state index in [1.807, 2.05) is 42.8 Å². The highest BCUT2D eigenvalue weighted by Gasteiger charge is 2.19. The zero-order valence-electron chi connectivity index (χ0n) is 14.7. The molecular weight excluding hydrogens is 382 g/mol. The number of hydrogen-bond acceptors (Lipinski definition) is 6. The summed E-state index contributed by atoms with van der Waals surface area (Å²) in [6, 6.07) is 14.3. The Bertz CT molecular complexity index is 1230. The molecule has 27 heavy (non-hydrogen) atoms. The normalized spacial score (nSPS) is 11.8. The Kier molecular flexibility index (Phi) is 4.40. The Labute approximate surface area is 161 Å². The number of fused-ring (bicyclic) bond motifs is 1. The average Bonchev–Trinajstić information content (AvgIpc) is 3.20. The summed E-state index contributed by atoms with van der Waals surface area (Å²) < 4.78 is 38.4. The van der Waals surface area contributed by atoms with Crippen molar-refractivity contribution in [3.05, 3.63) is 65.5 Å². The van der Waals surface area contributed by atoms with E-state index in [0.717, 1.165) is 28.7 Å². The lowest BCUT2D eigenvalue weighted by molar-refractivity contribution is 0.602. The van der Waals surface area contributed by atoms with E-state index in [2.05, 4.69) is 18.6 Å². The van der Waals surface area contributed by atoms with E-state index in [0.29, 0.717) is 23.3 Å². The van der Waals surface area contributed by atoms with Crippen LogP contribution in [0, 0.1) is 13.8 Å². The summed E-state index contributed by atoms with van der Waals surface area (Å²) in [5, 5.41) is 4.45. The molecule has 2 aromatic carbocycles. The molecule has 0 fully saturated rings. The van der Waals surface area contributed by atoms with E-state index >= 15 is 0 Å². The van der Waals surface area contributed by atoms with E-state index in [-0.39, 0.29) is 4.90 Å². The van der Waals surface area contributed by atoms with Crippen LogP contribution < -0.4 is 4.72 Å². The van der Waals surface area contributed by atoms with E-state index in [1.54, 1.807) is 18.2 Å². The van der Waals surface area contributed by atoms with Crippen LogP contribution >= 0.6 is 11.7 Å². The van der Waals surface area contributed by atoms with Gasteiger partial charge in [0.1, 0.15) is 15.9 Å². The van der Waals surface area contributed by atoms with Crippen LogP contribution in [0.5, 0.6) is 0 Å². The molecule has 0 atom stereocenters. The zero-order valence-corrected chi connectivity index (χ0v) is 16.4. The van der Waals surface area contributed by atoms with Gasteiger partial charge in [0.25, 0.3) is 10.0 Å². The first-order chi connectivity index (χ1) is 12.9. The predicted molar refractivity (Wildman–Crippen MR) is 105 cm³/mol. The maximum atomic E-state index is 12.8. The number of nitrogens with one attached hydrogen (secondary N) is 1. The summed E-state index contributed by atoms with van der Waals surface area (Å²) in [5.74, 6) is 0. The Morgan fingerprint density at radius 3 is 2.67 bits per heavy atom. The van der Waals surface area contributed by atoms with Gasteiger partial charge in [-0.1, -0.05) is 18.2 Å². The van der Waals surface area contributed by atoms with Gasteiger partial charge in [-0.3, -0.25) is 9.40 Å². The number of sulfonamides is 1. The van der Waals surface area contributed by atoms with Crippen LogP contribution in [-0.2, 0) is 16.6 Å². The molecule has 1 N–H and O–H groups in total. The molecule has 0 saturated carbocycles. The number of aryl methyl sites for hydroxylation is 2. The van der Waals surface area contributed by atoms with Crippen molar-refractivity contribution in [1.82, 2.24) is 18.5 Å². The lowest BCUT2D eigenvalue weighted by Gasteiger charge is -2.10. The molecule has 0 saturated heterocycles. The third-order valence-electron chi connectivity index (χ3n) is 4.15. The molecule has 0 spiro atoms. The third kappa shape index (κ3) is 3.56. The van der Waals surface area contributed by atoms with Gasteiger partial charge in [-0.25, -0.2) is 8.42 Å². The molecule has 9 heteroatoms. The second-order valence-electron chi connectivity index (χ2n) is 6.28. The molecule has 0 bridgehead atoms. The lowest BCUT2D eigenvalue weighted by Crippen LogP contribution is -2.14. The van der Waals surface area contributed by atoms with E-state index in [9.17, 15) is 8.42 Å². The smallest absolute Gasteiger partial charge is 0.264 e. The summed E-state index contributed by atoms with van der Waals surface area (Å²) in [5.41, 5.74) is 4.41. The average molecular weight is 400 g/mol. The van der Waals surface area contributed by atoms with Crippen molar-refractivity contribution < 1.29 is 8.42 Å². The maximum absolute atomic E-state index is 12.8. The molecule has 2 heterocycles. The number of rotatable bonds is 5. The summed E-state index contributed by atoms with van der Waals surface area (Å²) >= 11 is 0.995. The molecule has 7 nitrogen and oxygen atoms in total. The Balaban J connectivity index is 1.63. The fraction of sp³-hybridized carbons (Fsp3) is 0.167. The maximum Gasteiger partial charge on any atom is 0.264 e. The quantitative estimate of drug-likeness (QED) is 0.556. The van der Waals surface area contributed by atoms with Crippen molar-refractivity contribution >= 4 is 38.5 Å². The van der Waals surface area contributed by atoms with Gasteiger partial charge in [-0.2, -0.15) is 13.8 Å². The highest BCUT2D eigenvalue weighted by atomic mass is 32.2. The molecule has 138 valence electrons. The minimum atomic E-state index is -3.77. The lowest BCUT2D eigenvalue weighted by atomic mass is 10.2. The van der Waals surface area contributed by atoms with Gasteiger partial charge in [-0.15, -0.1) is 0 Å². The minimum Gasteiger partial charge on any atom is -0.280 e. The van der Waals surface area contributed by atoms with E-state index in [1.165, 1.54) is 6.07 Å². The molecule has 0 aliphatic carbocycles. The van der Waals surface area contributed by atoms with Crippen LogP contribution in [0.4, 0.5) is 5.69 Å². The first-order valence-electron chi connectivity index (χ1n) is 8.26. The number of nitrogens with zero attached hydrogens (tertiary/aromatic N) is 4. The zero-order chi connectivity index (χ0) is 19.0. The van der Waals surface area contributed by atoms with Crippen molar-refractivity contribution in [2.45, 2.75) is 25.3 Å². The van der Waals surface area contributed by atoms with Gasteiger partial charge in [0.2, 0.25) is 0 Å². The largest absolute Gasteiger partial charge is 0.280 e. The van der Waals surface area contributed by atoms with Gasteiger partial charge in [0.05, 0.1) is 24.0 Å². The van der Waals surface area contributed by atoms with Gasteiger partial charge >= 0.3 is 0 Å². The molecule has 4 aromatic rings. The summed E-state index contributed by atoms with van der Waals surface area (Å²) in [7, 11) is -3.77. The molecule has 0 radical (unpaired) electrons. The van der Waals surface area contributed by atoms with Crippen LogP contribution in [0.3, 0.4) is 0 Å². The van der Waals surface area contributed by atoms with Gasteiger partial charge in [-0.05, 0) is 49.7 Å². The van der Waals surface area contributed by atoms with Gasteiger partial charge in [0, 0.05) is 11.4 Å². The second-order valence-corrected chi connectivity index (χ2v) is 8.46. The van der Waals surface area contributed by atoms with Crippen LogP contribution in [0.2, 0.25) is 0 Å². The second kappa shape index (κ2) is 6.75. The van der Waals surface area contributed by atoms with Gasteiger partial charge < -0.3 is 0 Å². The van der Waals surface area contributed by atoms with Crippen molar-refractivity contribution in [3.8, 4) is 0 Å². The Hall–Kier alpha value is -2.78. The number of benzene rings is 2. The first-order valence-corrected chi connectivity index (χ1v) is 10.5. The number of hydrogen-bond donors (Lipinski definition) is 1. The molecule has 2 aromatic heterocycles. The molecule has 0 amide bonds.